The summed E-state index contributed by atoms with van der Waals surface area (Å²) >= 11 is 3.49. The van der Waals surface area contributed by atoms with Crippen molar-refractivity contribution in [2.24, 2.45) is 11.1 Å². The van der Waals surface area contributed by atoms with Crippen LogP contribution >= 0.6 is 15.9 Å². The van der Waals surface area contributed by atoms with Gasteiger partial charge in [0.2, 0.25) is 0 Å². The van der Waals surface area contributed by atoms with Gasteiger partial charge in [0.25, 0.3) is 0 Å². The summed E-state index contributed by atoms with van der Waals surface area (Å²) in [4.78, 5) is 0. The van der Waals surface area contributed by atoms with Crippen molar-refractivity contribution < 1.29 is 0 Å². The Labute approximate surface area is 108 Å². The van der Waals surface area contributed by atoms with Gasteiger partial charge in [0.15, 0.2) is 0 Å². The lowest BCUT2D eigenvalue weighted by atomic mass is 9.81. The number of rotatable bonds is 3. The summed E-state index contributed by atoms with van der Waals surface area (Å²) in [6, 6.07) is 8.29. The molecule has 1 aromatic rings. The number of halogens is 1. The fourth-order valence-electron chi connectivity index (χ4n) is 1.62. The lowest BCUT2D eigenvalue weighted by Crippen LogP contribution is -2.34. The molecule has 0 heterocycles. The van der Waals surface area contributed by atoms with Gasteiger partial charge in [-0.2, -0.15) is 0 Å². The molecular formula is C14H22BrN. The van der Waals surface area contributed by atoms with Crippen LogP contribution in [0.4, 0.5) is 0 Å². The molecule has 2 N–H and O–H groups in total. The summed E-state index contributed by atoms with van der Waals surface area (Å²) in [5.41, 5.74) is 7.69. The fourth-order valence-corrected chi connectivity index (χ4v) is 2.02. The zero-order valence-electron chi connectivity index (χ0n) is 10.7. The maximum atomic E-state index is 6.39. The van der Waals surface area contributed by atoms with Crippen molar-refractivity contribution >= 4 is 15.9 Å². The van der Waals surface area contributed by atoms with Crippen LogP contribution in [0.25, 0.3) is 0 Å². The molecule has 0 bridgehead atoms. The van der Waals surface area contributed by atoms with Gasteiger partial charge in [-0.25, -0.2) is 0 Å². The first-order valence-electron chi connectivity index (χ1n) is 5.76. The molecular weight excluding hydrogens is 262 g/mol. The summed E-state index contributed by atoms with van der Waals surface area (Å²) < 4.78 is 1.09. The molecule has 2 heteroatoms. The molecule has 0 aliphatic heterocycles. The molecule has 0 spiro atoms. The quantitative estimate of drug-likeness (QED) is 0.872. The molecule has 0 aliphatic carbocycles. The van der Waals surface area contributed by atoms with Crippen molar-refractivity contribution in [2.75, 3.05) is 0 Å². The van der Waals surface area contributed by atoms with Crippen LogP contribution in [0, 0.1) is 5.41 Å². The number of benzene rings is 1. The normalized spacial score (nSPS) is 15.9. The lowest BCUT2D eigenvalue weighted by Gasteiger charge is -2.29. The van der Waals surface area contributed by atoms with Crippen molar-refractivity contribution in [3.8, 4) is 0 Å². The minimum Gasteiger partial charge on any atom is -0.322 e. The Morgan fingerprint density at radius 1 is 1.12 bits per heavy atom. The predicted molar refractivity (Wildman–Crippen MR) is 74.4 cm³/mol. The largest absolute Gasteiger partial charge is 0.322 e. The monoisotopic (exact) mass is 283 g/mol. The van der Waals surface area contributed by atoms with Crippen molar-refractivity contribution in [2.45, 2.75) is 46.1 Å². The van der Waals surface area contributed by atoms with E-state index in [-0.39, 0.29) is 5.54 Å². The van der Waals surface area contributed by atoms with Crippen LogP contribution in [0.1, 0.15) is 46.1 Å². The SMILES string of the molecule is CC(C)(C)CCC(C)(N)c1cccc(Br)c1. The number of hydrogen-bond acceptors (Lipinski definition) is 1. The first-order valence-corrected chi connectivity index (χ1v) is 6.55. The van der Waals surface area contributed by atoms with Crippen molar-refractivity contribution in [1.29, 1.82) is 0 Å². The molecule has 0 amide bonds. The van der Waals surface area contributed by atoms with E-state index in [0.717, 1.165) is 17.3 Å². The highest BCUT2D eigenvalue weighted by Gasteiger charge is 2.23. The average Bonchev–Trinajstić information content (AvgIpc) is 2.14. The topological polar surface area (TPSA) is 26.0 Å². The van der Waals surface area contributed by atoms with Crippen LogP contribution in [0.15, 0.2) is 28.7 Å². The molecule has 0 radical (unpaired) electrons. The second-order valence-corrected chi connectivity index (χ2v) is 6.90. The summed E-state index contributed by atoms with van der Waals surface area (Å²) in [5.74, 6) is 0. The molecule has 0 saturated carbocycles. The van der Waals surface area contributed by atoms with Gasteiger partial charge < -0.3 is 5.73 Å². The van der Waals surface area contributed by atoms with Gasteiger partial charge in [-0.1, -0.05) is 48.8 Å². The second-order valence-electron chi connectivity index (χ2n) is 5.99. The summed E-state index contributed by atoms with van der Waals surface area (Å²) in [5, 5.41) is 0. The van der Waals surface area contributed by atoms with Gasteiger partial charge in [0.1, 0.15) is 0 Å². The van der Waals surface area contributed by atoms with E-state index in [1.807, 2.05) is 12.1 Å². The van der Waals surface area contributed by atoms with E-state index in [4.69, 9.17) is 5.73 Å². The molecule has 1 nitrogen and oxygen atoms in total. The molecule has 0 aliphatic rings. The molecule has 90 valence electrons. The van der Waals surface area contributed by atoms with E-state index in [1.54, 1.807) is 0 Å². The summed E-state index contributed by atoms with van der Waals surface area (Å²) in [6.07, 6.45) is 2.14. The third-order valence-electron chi connectivity index (χ3n) is 2.88. The summed E-state index contributed by atoms with van der Waals surface area (Å²) in [7, 11) is 0. The molecule has 16 heavy (non-hydrogen) atoms. The van der Waals surface area contributed by atoms with Crippen molar-refractivity contribution in [3.05, 3.63) is 34.3 Å². The zero-order valence-corrected chi connectivity index (χ0v) is 12.3. The predicted octanol–water partition coefficient (Wildman–Crippen LogP) is 4.45. The Morgan fingerprint density at radius 3 is 2.25 bits per heavy atom. The second kappa shape index (κ2) is 4.89. The molecule has 1 unspecified atom stereocenters. The Bertz CT molecular complexity index is 350. The number of hydrogen-bond donors (Lipinski definition) is 1. The maximum absolute atomic E-state index is 6.39. The maximum Gasteiger partial charge on any atom is 0.0381 e. The van der Waals surface area contributed by atoms with Gasteiger partial charge in [0, 0.05) is 10.0 Å². The van der Waals surface area contributed by atoms with E-state index in [1.165, 1.54) is 5.56 Å². The van der Waals surface area contributed by atoms with Crippen LogP contribution in [0.3, 0.4) is 0 Å². The first kappa shape index (κ1) is 13.7. The van der Waals surface area contributed by atoms with E-state index >= 15 is 0 Å². The van der Waals surface area contributed by atoms with Crippen LogP contribution in [-0.2, 0) is 5.54 Å². The minimum atomic E-state index is -0.239. The van der Waals surface area contributed by atoms with Crippen LogP contribution < -0.4 is 5.73 Å². The van der Waals surface area contributed by atoms with Gasteiger partial charge in [-0.15, -0.1) is 0 Å². The molecule has 0 aromatic heterocycles. The molecule has 1 atom stereocenters. The Balaban J connectivity index is 2.77. The lowest BCUT2D eigenvalue weighted by molar-refractivity contribution is 0.307. The third kappa shape index (κ3) is 4.26. The minimum absolute atomic E-state index is 0.239. The first-order chi connectivity index (χ1) is 7.21. The Morgan fingerprint density at radius 2 is 1.75 bits per heavy atom. The molecule has 1 aromatic carbocycles. The standard InChI is InChI=1S/C14H22BrN/c1-13(2,3)8-9-14(4,16)11-6-5-7-12(15)10-11/h5-7,10H,8-9,16H2,1-4H3. The van der Waals surface area contributed by atoms with Gasteiger partial charge in [0.05, 0.1) is 0 Å². The smallest absolute Gasteiger partial charge is 0.0381 e. The van der Waals surface area contributed by atoms with E-state index < -0.39 is 0 Å². The van der Waals surface area contributed by atoms with Gasteiger partial charge >= 0.3 is 0 Å². The van der Waals surface area contributed by atoms with E-state index in [9.17, 15) is 0 Å². The molecule has 0 fully saturated rings. The molecule has 0 saturated heterocycles. The van der Waals surface area contributed by atoms with Crippen LogP contribution in [0.5, 0.6) is 0 Å². The Kier molecular flexibility index (Phi) is 4.19. The van der Waals surface area contributed by atoms with Gasteiger partial charge in [-0.3, -0.25) is 0 Å². The van der Waals surface area contributed by atoms with Crippen LogP contribution in [0.2, 0.25) is 0 Å². The highest BCUT2D eigenvalue weighted by Crippen LogP contribution is 2.31. The van der Waals surface area contributed by atoms with Crippen LogP contribution in [-0.4, -0.2) is 0 Å². The van der Waals surface area contributed by atoms with Gasteiger partial charge in [-0.05, 0) is 42.9 Å². The zero-order chi connectivity index (χ0) is 12.4. The fraction of sp³-hybridized carbons (Fsp3) is 0.571. The Hall–Kier alpha value is -0.340. The average molecular weight is 284 g/mol. The number of nitrogens with two attached hydrogens (primary N) is 1. The van der Waals surface area contributed by atoms with Crippen molar-refractivity contribution in [3.63, 3.8) is 0 Å². The van der Waals surface area contributed by atoms with E-state index in [0.29, 0.717) is 5.41 Å². The van der Waals surface area contributed by atoms with E-state index in [2.05, 4.69) is 55.8 Å². The molecule has 1 rings (SSSR count). The third-order valence-corrected chi connectivity index (χ3v) is 3.37. The highest BCUT2D eigenvalue weighted by atomic mass is 79.9. The summed E-state index contributed by atoms with van der Waals surface area (Å²) in [6.45, 7) is 8.87. The van der Waals surface area contributed by atoms with Crippen molar-refractivity contribution in [1.82, 2.24) is 0 Å². The highest BCUT2D eigenvalue weighted by molar-refractivity contribution is 9.10.